The number of ether oxygens (including phenoxy) is 3. The third-order valence-corrected chi connectivity index (χ3v) is 9.18. The summed E-state index contributed by atoms with van der Waals surface area (Å²) < 4.78 is 17.8. The minimum atomic E-state index is -1.69. The van der Waals surface area contributed by atoms with Crippen LogP contribution in [0.3, 0.4) is 0 Å². The molecule has 2 N–H and O–H groups in total. The summed E-state index contributed by atoms with van der Waals surface area (Å²) in [6.07, 6.45) is 3.12. The Balaban J connectivity index is 1.09. The second kappa shape index (κ2) is 10.0. The molecule has 5 heterocycles. The molecule has 0 radical (unpaired) electrons. The largest absolute Gasteiger partial charge is 0.493 e. The van der Waals surface area contributed by atoms with Gasteiger partial charge in [-0.3, -0.25) is 4.79 Å². The van der Waals surface area contributed by atoms with E-state index in [2.05, 4.69) is 5.32 Å². The topological polar surface area (TPSA) is 77.0 Å². The Morgan fingerprint density at radius 2 is 1.89 bits per heavy atom. The normalized spacial score (nSPS) is 25.4. The second-order valence-corrected chi connectivity index (χ2v) is 11.3. The fraction of sp³-hybridized carbons (Fsp3) is 0.414. The first-order valence-electron chi connectivity index (χ1n) is 13.1. The van der Waals surface area contributed by atoms with E-state index in [4.69, 9.17) is 14.2 Å². The number of hydrogen-bond donors (Lipinski definition) is 2. The number of nitrogens with one attached hydrogen (secondary N) is 1. The van der Waals surface area contributed by atoms with Gasteiger partial charge >= 0.3 is 0 Å². The first-order chi connectivity index (χ1) is 18.1. The van der Waals surface area contributed by atoms with E-state index in [-0.39, 0.29) is 18.7 Å². The molecule has 2 atom stereocenters. The molecule has 3 fully saturated rings. The number of piperidine rings is 3. The Morgan fingerprint density at radius 1 is 1.08 bits per heavy atom. The average Bonchev–Trinajstić information content (AvgIpc) is 3.64. The maximum absolute atomic E-state index is 13.7. The van der Waals surface area contributed by atoms with Crippen molar-refractivity contribution in [2.75, 3.05) is 39.6 Å². The van der Waals surface area contributed by atoms with Crippen molar-refractivity contribution in [2.45, 2.75) is 30.9 Å². The number of hydrogen-bond acceptors (Lipinski definition) is 6. The second-order valence-electron chi connectivity index (χ2n) is 10.4. The summed E-state index contributed by atoms with van der Waals surface area (Å²) in [5.41, 5.74) is -1.09. The molecule has 7 nitrogen and oxygen atoms in total. The van der Waals surface area contributed by atoms with Gasteiger partial charge in [0.2, 0.25) is 12.4 Å². The van der Waals surface area contributed by atoms with Gasteiger partial charge in [0.1, 0.15) is 5.75 Å². The van der Waals surface area contributed by atoms with Crippen LogP contribution in [0.2, 0.25) is 0 Å². The molecular weight excluding hydrogens is 488 g/mol. The Morgan fingerprint density at radius 3 is 2.68 bits per heavy atom. The molecule has 0 aliphatic carbocycles. The Bertz CT molecular complexity index is 1230. The summed E-state index contributed by atoms with van der Waals surface area (Å²) >= 11 is 1.40. The number of rotatable bonds is 9. The molecule has 3 aromatic rings. The quantitative estimate of drug-likeness (QED) is 0.330. The summed E-state index contributed by atoms with van der Waals surface area (Å²) in [5.74, 6) is 2.41. The molecule has 7 rings (SSSR count). The van der Waals surface area contributed by atoms with Gasteiger partial charge < -0.3 is 29.1 Å². The zero-order valence-corrected chi connectivity index (χ0v) is 21.6. The Kier molecular flexibility index (Phi) is 6.56. The summed E-state index contributed by atoms with van der Waals surface area (Å²) in [7, 11) is 0. The van der Waals surface area contributed by atoms with Crippen molar-refractivity contribution in [1.29, 1.82) is 0 Å². The molecule has 2 aromatic carbocycles. The highest BCUT2D eigenvalue weighted by Gasteiger charge is 2.49. The molecule has 8 heteroatoms. The van der Waals surface area contributed by atoms with Crippen molar-refractivity contribution in [3.8, 4) is 17.2 Å². The number of nitrogens with zero attached hydrogens (tertiary/aromatic N) is 1. The number of benzene rings is 2. The number of fused-ring (bicyclic) bond motifs is 4. The number of quaternary nitrogens is 1. The number of amides is 1. The van der Waals surface area contributed by atoms with Gasteiger partial charge in [0.25, 0.3) is 5.91 Å². The fourth-order valence-corrected chi connectivity index (χ4v) is 6.99. The molecule has 0 spiro atoms. The average molecular weight is 522 g/mol. The van der Waals surface area contributed by atoms with Gasteiger partial charge in [0, 0.05) is 25.3 Å². The summed E-state index contributed by atoms with van der Waals surface area (Å²) in [4.78, 5) is 14.4. The third kappa shape index (κ3) is 4.69. The molecule has 4 aliphatic heterocycles. The number of thiophene rings is 1. The highest BCUT2D eigenvalue weighted by atomic mass is 32.1. The Labute approximate surface area is 221 Å². The van der Waals surface area contributed by atoms with E-state index in [9.17, 15) is 9.90 Å². The van der Waals surface area contributed by atoms with Crippen molar-refractivity contribution in [3.05, 3.63) is 76.5 Å². The first kappa shape index (κ1) is 24.3. The van der Waals surface area contributed by atoms with Crippen LogP contribution in [0.1, 0.15) is 29.7 Å². The van der Waals surface area contributed by atoms with Crippen LogP contribution >= 0.6 is 11.3 Å². The van der Waals surface area contributed by atoms with Crippen molar-refractivity contribution in [3.63, 3.8) is 0 Å². The van der Waals surface area contributed by atoms with Crippen LogP contribution in [0.4, 0.5) is 0 Å². The first-order valence-corrected chi connectivity index (χ1v) is 13.9. The van der Waals surface area contributed by atoms with E-state index < -0.39 is 5.60 Å². The highest BCUT2D eigenvalue weighted by molar-refractivity contribution is 7.10. The van der Waals surface area contributed by atoms with Crippen LogP contribution in [-0.2, 0) is 10.4 Å². The lowest BCUT2D eigenvalue weighted by Crippen LogP contribution is -2.68. The number of carbonyl (C=O) groups is 1. The minimum absolute atomic E-state index is 0.0555. The smallest absolute Gasteiger partial charge is 0.262 e. The molecule has 37 heavy (non-hydrogen) atoms. The van der Waals surface area contributed by atoms with Gasteiger partial charge in [-0.2, -0.15) is 0 Å². The van der Waals surface area contributed by atoms with Gasteiger partial charge in [-0.25, -0.2) is 0 Å². The number of carbonyl (C=O) groups excluding carboxylic acids is 1. The molecule has 3 saturated heterocycles. The molecule has 194 valence electrons. The van der Waals surface area contributed by atoms with Crippen LogP contribution in [0.25, 0.3) is 0 Å². The molecule has 1 unspecified atom stereocenters. The SMILES string of the molecule is O=C(N[C@H]1C[N+]2(CCCOc3ccc4c(c3)OCO4)CCC1CC2)C(O)(c1ccccc1)c1cccs1. The number of aliphatic hydroxyl groups is 1. The maximum Gasteiger partial charge on any atom is 0.262 e. The standard InChI is InChI=1S/C29H32N2O5S/c32-28(29(33,27-8-4-17-37-27)22-6-2-1-3-7-22)30-24-19-31(14-11-21(24)12-15-31)13-5-16-34-23-9-10-25-26(18-23)36-20-35-25/h1-4,6-10,17-18,21,24,33H,5,11-16,19-20H2/p+1/t21?,24-,29?,31?/m0/s1. The van der Waals surface area contributed by atoms with Crippen molar-refractivity contribution < 1.29 is 28.6 Å². The molecule has 4 aliphatic rings. The van der Waals surface area contributed by atoms with Crippen molar-refractivity contribution in [2.24, 2.45) is 5.92 Å². The van der Waals surface area contributed by atoms with Crippen LogP contribution in [0, 0.1) is 5.92 Å². The summed E-state index contributed by atoms with van der Waals surface area (Å²) in [5, 5.41) is 17.0. The zero-order chi connectivity index (χ0) is 25.3. The van der Waals surface area contributed by atoms with E-state index in [1.165, 1.54) is 11.3 Å². The van der Waals surface area contributed by atoms with E-state index in [1.54, 1.807) is 0 Å². The highest BCUT2D eigenvalue weighted by Crippen LogP contribution is 2.38. The van der Waals surface area contributed by atoms with Gasteiger partial charge in [0.15, 0.2) is 11.5 Å². The fourth-order valence-electron chi connectivity index (χ4n) is 6.14. The zero-order valence-electron chi connectivity index (χ0n) is 20.8. The lowest BCUT2D eigenvalue weighted by Gasteiger charge is -2.53. The van der Waals surface area contributed by atoms with E-state index >= 15 is 0 Å². The molecule has 2 bridgehead atoms. The maximum atomic E-state index is 13.7. The lowest BCUT2D eigenvalue weighted by molar-refractivity contribution is -0.944. The van der Waals surface area contributed by atoms with Crippen LogP contribution in [-0.4, -0.2) is 61.1 Å². The van der Waals surface area contributed by atoms with Crippen LogP contribution in [0.5, 0.6) is 17.2 Å². The molecule has 1 aromatic heterocycles. The molecule has 1 amide bonds. The monoisotopic (exact) mass is 521 g/mol. The van der Waals surface area contributed by atoms with Crippen molar-refractivity contribution in [1.82, 2.24) is 5.32 Å². The van der Waals surface area contributed by atoms with Crippen LogP contribution in [0.15, 0.2) is 66.0 Å². The van der Waals surface area contributed by atoms with Gasteiger partial charge in [0.05, 0.1) is 43.7 Å². The third-order valence-electron chi connectivity index (χ3n) is 8.21. The minimum Gasteiger partial charge on any atom is -0.493 e. The van der Waals surface area contributed by atoms with E-state index in [0.29, 0.717) is 23.0 Å². The molecule has 0 saturated carbocycles. The lowest BCUT2D eigenvalue weighted by atomic mass is 9.80. The Hall–Kier alpha value is -3.07. The molecular formula is C29H33N2O5S+. The predicted octanol–water partition coefficient (Wildman–Crippen LogP) is 3.91. The van der Waals surface area contributed by atoms with Gasteiger partial charge in [-0.15, -0.1) is 11.3 Å². The summed E-state index contributed by atoms with van der Waals surface area (Å²) in [6, 6.07) is 18.7. The van der Waals surface area contributed by atoms with Crippen molar-refractivity contribution >= 4 is 17.2 Å². The van der Waals surface area contributed by atoms with Gasteiger partial charge in [-0.1, -0.05) is 36.4 Å². The van der Waals surface area contributed by atoms with Gasteiger partial charge in [-0.05, 0) is 35.1 Å². The van der Waals surface area contributed by atoms with E-state index in [0.717, 1.165) is 67.2 Å². The van der Waals surface area contributed by atoms with Crippen LogP contribution < -0.4 is 19.5 Å². The predicted molar refractivity (Wildman–Crippen MR) is 141 cm³/mol. The van der Waals surface area contributed by atoms with E-state index in [1.807, 2.05) is 66.0 Å². The summed E-state index contributed by atoms with van der Waals surface area (Å²) in [6.45, 7) is 5.07.